The van der Waals surface area contributed by atoms with Crippen molar-refractivity contribution in [2.75, 3.05) is 39.8 Å². The van der Waals surface area contributed by atoms with E-state index >= 15 is 0 Å². The summed E-state index contributed by atoms with van der Waals surface area (Å²) in [6.45, 7) is 6.43. The molecule has 1 heterocycles. The lowest BCUT2D eigenvalue weighted by Crippen LogP contribution is -2.45. The first-order valence-corrected chi connectivity index (χ1v) is 11.7. The van der Waals surface area contributed by atoms with E-state index in [1.807, 2.05) is 18.2 Å². The first kappa shape index (κ1) is 23.0. The van der Waals surface area contributed by atoms with Gasteiger partial charge in [-0.2, -0.15) is 0 Å². The summed E-state index contributed by atoms with van der Waals surface area (Å²) in [7, 11) is 1.67. The lowest BCUT2D eigenvalue weighted by Gasteiger charge is -2.34. The van der Waals surface area contributed by atoms with Gasteiger partial charge < -0.3 is 9.94 Å². The average molecular weight is 444 g/mol. The van der Waals surface area contributed by atoms with E-state index < -0.39 is 0 Å². The van der Waals surface area contributed by atoms with E-state index in [4.69, 9.17) is 9.94 Å². The van der Waals surface area contributed by atoms with Crippen LogP contribution in [-0.4, -0.2) is 61.1 Å². The van der Waals surface area contributed by atoms with Crippen molar-refractivity contribution in [3.63, 3.8) is 0 Å². The average Bonchev–Trinajstić information content (AvgIpc) is 2.86. The third kappa shape index (κ3) is 6.44. The van der Waals surface area contributed by atoms with Crippen LogP contribution in [-0.2, 0) is 13.0 Å². The minimum atomic E-state index is 0.825. The van der Waals surface area contributed by atoms with E-state index in [2.05, 4.69) is 69.6 Å². The first-order valence-electron chi connectivity index (χ1n) is 11.7. The van der Waals surface area contributed by atoms with Gasteiger partial charge in [-0.15, -0.1) is 0 Å². The number of nitrogens with zero attached hydrogens (tertiary/aromatic N) is 3. The number of fused-ring (bicyclic) bond motifs is 1. The van der Waals surface area contributed by atoms with Gasteiger partial charge in [-0.1, -0.05) is 53.7 Å². The van der Waals surface area contributed by atoms with Gasteiger partial charge >= 0.3 is 0 Å². The summed E-state index contributed by atoms with van der Waals surface area (Å²) in [6.07, 6.45) is 7.84. The fourth-order valence-electron chi connectivity index (χ4n) is 4.42. The largest absolute Gasteiger partial charge is 0.497 e. The summed E-state index contributed by atoms with van der Waals surface area (Å²) in [5.41, 5.74) is 3.44. The maximum Gasteiger partial charge on any atom is 0.119 e. The number of oxime groups is 1. The molecule has 5 heteroatoms. The quantitative estimate of drug-likeness (QED) is 0.220. The zero-order valence-electron chi connectivity index (χ0n) is 19.4. The first-order chi connectivity index (χ1) is 16.2. The SMILES string of the molecule is COc1ccc(/C=N/O)c(CC/C=C/CN2CCN(Cc3ccc4ccccc4c3)CC2)c1. The van der Waals surface area contributed by atoms with Crippen LogP contribution in [0.2, 0.25) is 0 Å². The Morgan fingerprint density at radius 2 is 1.70 bits per heavy atom. The third-order valence-corrected chi connectivity index (χ3v) is 6.34. The van der Waals surface area contributed by atoms with Gasteiger partial charge in [0.05, 0.1) is 13.3 Å². The zero-order valence-corrected chi connectivity index (χ0v) is 19.4. The van der Waals surface area contributed by atoms with Crippen molar-refractivity contribution in [3.05, 3.63) is 89.5 Å². The number of methoxy groups -OCH3 is 1. The number of ether oxygens (including phenoxy) is 1. The van der Waals surface area contributed by atoms with E-state index in [1.54, 1.807) is 7.11 Å². The van der Waals surface area contributed by atoms with Crippen molar-refractivity contribution in [1.82, 2.24) is 9.80 Å². The van der Waals surface area contributed by atoms with E-state index in [0.29, 0.717) is 0 Å². The highest BCUT2D eigenvalue weighted by atomic mass is 16.5. The maximum absolute atomic E-state index is 8.88. The summed E-state index contributed by atoms with van der Waals surface area (Å²) in [5.74, 6) is 0.825. The molecule has 172 valence electrons. The Hall–Kier alpha value is -3.15. The molecular weight excluding hydrogens is 410 g/mol. The fourth-order valence-corrected chi connectivity index (χ4v) is 4.42. The molecule has 0 radical (unpaired) electrons. The molecule has 3 aromatic carbocycles. The number of aryl methyl sites for hydroxylation is 1. The van der Waals surface area contributed by atoms with Gasteiger partial charge in [0.15, 0.2) is 0 Å². The molecule has 0 aromatic heterocycles. The molecule has 0 aliphatic carbocycles. The zero-order chi connectivity index (χ0) is 22.9. The van der Waals surface area contributed by atoms with Crippen LogP contribution >= 0.6 is 0 Å². The summed E-state index contributed by atoms with van der Waals surface area (Å²) >= 11 is 0. The van der Waals surface area contributed by atoms with Crippen LogP contribution in [0, 0.1) is 0 Å². The molecule has 0 saturated carbocycles. The Kier molecular flexibility index (Phi) is 8.12. The van der Waals surface area contributed by atoms with Crippen LogP contribution < -0.4 is 4.74 Å². The van der Waals surface area contributed by atoms with Gasteiger partial charge in [-0.3, -0.25) is 9.80 Å². The molecule has 33 heavy (non-hydrogen) atoms. The van der Waals surface area contributed by atoms with E-state index in [0.717, 1.165) is 69.0 Å². The highest BCUT2D eigenvalue weighted by Gasteiger charge is 2.16. The van der Waals surface area contributed by atoms with Crippen molar-refractivity contribution in [3.8, 4) is 5.75 Å². The molecule has 1 saturated heterocycles. The Morgan fingerprint density at radius 1 is 0.909 bits per heavy atom. The molecule has 0 unspecified atom stereocenters. The van der Waals surface area contributed by atoms with E-state index in [1.165, 1.54) is 22.6 Å². The molecule has 0 spiro atoms. The molecule has 1 aliphatic heterocycles. The smallest absolute Gasteiger partial charge is 0.119 e. The minimum absolute atomic E-state index is 0.825. The molecule has 5 nitrogen and oxygen atoms in total. The van der Waals surface area contributed by atoms with Crippen LogP contribution in [0.5, 0.6) is 5.75 Å². The van der Waals surface area contributed by atoms with Gasteiger partial charge in [-0.25, -0.2) is 0 Å². The second kappa shape index (κ2) is 11.6. The second-order valence-corrected chi connectivity index (χ2v) is 8.58. The minimum Gasteiger partial charge on any atom is -0.497 e. The number of piperazine rings is 1. The molecule has 0 atom stereocenters. The monoisotopic (exact) mass is 443 g/mol. The topological polar surface area (TPSA) is 48.3 Å². The molecule has 1 N–H and O–H groups in total. The predicted octanol–water partition coefficient (Wildman–Crippen LogP) is 4.96. The summed E-state index contributed by atoms with van der Waals surface area (Å²) in [4.78, 5) is 5.07. The normalized spacial score (nSPS) is 15.7. The van der Waals surface area contributed by atoms with Crippen LogP contribution in [0.25, 0.3) is 10.8 Å². The molecule has 3 aromatic rings. The predicted molar refractivity (Wildman–Crippen MR) is 136 cm³/mol. The van der Waals surface area contributed by atoms with Crippen LogP contribution in [0.15, 0.2) is 78.0 Å². The Bertz CT molecular complexity index is 1100. The van der Waals surface area contributed by atoms with Crippen LogP contribution in [0.4, 0.5) is 0 Å². The maximum atomic E-state index is 8.88. The standard InChI is InChI=1S/C28H33N3O2/c1-33-28-13-12-27(21-29-32)26(20-28)8-3-2-6-14-30-15-17-31(18-16-30)22-23-10-11-24-7-4-5-9-25(24)19-23/h2,4-7,9-13,19-21,32H,3,8,14-18,22H2,1H3/b6-2+,29-21+. The summed E-state index contributed by atoms with van der Waals surface area (Å²) in [5, 5.41) is 14.7. The van der Waals surface area contributed by atoms with Gasteiger partial charge in [0, 0.05) is 39.3 Å². The molecular formula is C28H33N3O2. The number of allylic oxidation sites excluding steroid dienone is 1. The van der Waals surface area contributed by atoms with E-state index in [9.17, 15) is 0 Å². The fraction of sp³-hybridized carbons (Fsp3) is 0.321. The highest BCUT2D eigenvalue weighted by Crippen LogP contribution is 2.19. The Labute approximate surface area is 196 Å². The molecule has 1 fully saturated rings. The second-order valence-electron chi connectivity index (χ2n) is 8.58. The van der Waals surface area contributed by atoms with Crippen molar-refractivity contribution < 1.29 is 9.94 Å². The lowest BCUT2D eigenvalue weighted by molar-refractivity contribution is 0.137. The van der Waals surface area contributed by atoms with Gasteiger partial charge in [0.2, 0.25) is 0 Å². The Morgan fingerprint density at radius 3 is 2.48 bits per heavy atom. The van der Waals surface area contributed by atoms with Crippen molar-refractivity contribution in [2.45, 2.75) is 19.4 Å². The summed E-state index contributed by atoms with van der Waals surface area (Å²) in [6, 6.07) is 21.2. The number of rotatable bonds is 9. The summed E-state index contributed by atoms with van der Waals surface area (Å²) < 4.78 is 5.32. The molecule has 0 amide bonds. The van der Waals surface area contributed by atoms with Gasteiger partial charge in [0.25, 0.3) is 0 Å². The molecule has 4 rings (SSSR count). The lowest BCUT2D eigenvalue weighted by atomic mass is 10.0. The molecule has 1 aliphatic rings. The van der Waals surface area contributed by atoms with Crippen LogP contribution in [0.3, 0.4) is 0 Å². The van der Waals surface area contributed by atoms with Gasteiger partial charge in [0.1, 0.15) is 5.75 Å². The van der Waals surface area contributed by atoms with Crippen LogP contribution in [0.1, 0.15) is 23.1 Å². The highest BCUT2D eigenvalue weighted by molar-refractivity contribution is 5.83. The number of hydrogen-bond acceptors (Lipinski definition) is 5. The van der Waals surface area contributed by atoms with Crippen molar-refractivity contribution in [2.24, 2.45) is 5.16 Å². The van der Waals surface area contributed by atoms with Crippen molar-refractivity contribution in [1.29, 1.82) is 0 Å². The molecule has 0 bridgehead atoms. The Balaban J connectivity index is 1.20. The van der Waals surface area contributed by atoms with Crippen molar-refractivity contribution >= 4 is 17.0 Å². The number of hydrogen-bond donors (Lipinski definition) is 1. The van der Waals surface area contributed by atoms with Gasteiger partial charge in [-0.05, 0) is 64.6 Å². The van der Waals surface area contributed by atoms with E-state index in [-0.39, 0.29) is 0 Å². The number of benzene rings is 3. The third-order valence-electron chi connectivity index (χ3n) is 6.34.